The number of nitrogens with two attached hydrogens (primary N) is 1. The van der Waals surface area contributed by atoms with Crippen LogP contribution in [0.4, 0.5) is 8.78 Å². The summed E-state index contributed by atoms with van der Waals surface area (Å²) < 4.78 is 26.2. The van der Waals surface area contributed by atoms with E-state index in [1.54, 1.807) is 18.5 Å². The largest absolute Gasteiger partial charge is 0.323 e. The molecule has 18 heavy (non-hydrogen) atoms. The molecule has 1 heterocycles. The van der Waals surface area contributed by atoms with Gasteiger partial charge in [0, 0.05) is 35.8 Å². The molecule has 0 aliphatic carbocycles. The number of benzene rings is 1. The lowest BCUT2D eigenvalue weighted by atomic mass is 10.1. The molecular formula is C12H11F2N3S. The minimum absolute atomic E-state index is 0.292. The van der Waals surface area contributed by atoms with Crippen molar-refractivity contribution in [2.45, 2.75) is 11.2 Å². The molecule has 2 rings (SSSR count). The second kappa shape index (κ2) is 5.88. The SMILES string of the molecule is NC(CSc1ncccn1)c1ccc(F)cc1F. The second-order valence-electron chi connectivity index (χ2n) is 3.61. The molecule has 0 fully saturated rings. The Kier molecular flexibility index (Phi) is 4.22. The molecule has 0 saturated carbocycles. The third-order valence-corrected chi connectivity index (χ3v) is 3.29. The van der Waals surface area contributed by atoms with E-state index < -0.39 is 17.7 Å². The van der Waals surface area contributed by atoms with Gasteiger partial charge in [-0.2, -0.15) is 0 Å². The lowest BCUT2D eigenvalue weighted by Gasteiger charge is -2.11. The first-order chi connectivity index (χ1) is 8.66. The standard InChI is InChI=1S/C12H11F2N3S/c13-8-2-3-9(10(14)6-8)11(15)7-18-12-16-4-1-5-17-12/h1-6,11H,7,15H2. The van der Waals surface area contributed by atoms with Crippen molar-refractivity contribution in [3.05, 3.63) is 53.9 Å². The van der Waals surface area contributed by atoms with Gasteiger partial charge in [-0.05, 0) is 12.1 Å². The zero-order valence-corrected chi connectivity index (χ0v) is 10.2. The fourth-order valence-corrected chi connectivity index (χ4v) is 2.20. The Bertz CT molecular complexity index is 522. The van der Waals surface area contributed by atoms with Gasteiger partial charge < -0.3 is 5.73 Å². The van der Waals surface area contributed by atoms with Crippen molar-refractivity contribution in [2.24, 2.45) is 5.73 Å². The maximum Gasteiger partial charge on any atom is 0.187 e. The third-order valence-electron chi connectivity index (χ3n) is 2.30. The molecule has 0 radical (unpaired) electrons. The zero-order valence-electron chi connectivity index (χ0n) is 9.38. The van der Waals surface area contributed by atoms with Gasteiger partial charge in [-0.15, -0.1) is 0 Å². The van der Waals surface area contributed by atoms with Crippen molar-refractivity contribution in [2.75, 3.05) is 5.75 Å². The van der Waals surface area contributed by atoms with E-state index >= 15 is 0 Å². The summed E-state index contributed by atoms with van der Waals surface area (Å²) in [6.45, 7) is 0. The molecule has 6 heteroatoms. The Hall–Kier alpha value is -1.53. The summed E-state index contributed by atoms with van der Waals surface area (Å²) in [4.78, 5) is 8.05. The minimum atomic E-state index is -0.628. The van der Waals surface area contributed by atoms with E-state index in [4.69, 9.17) is 5.73 Å². The van der Waals surface area contributed by atoms with Crippen LogP contribution in [0.1, 0.15) is 11.6 Å². The summed E-state index contributed by atoms with van der Waals surface area (Å²) in [6, 6.07) is 4.58. The van der Waals surface area contributed by atoms with Crippen molar-refractivity contribution >= 4 is 11.8 Å². The van der Waals surface area contributed by atoms with Crippen molar-refractivity contribution in [1.82, 2.24) is 9.97 Å². The van der Waals surface area contributed by atoms with Crippen molar-refractivity contribution in [1.29, 1.82) is 0 Å². The average molecular weight is 267 g/mol. The van der Waals surface area contributed by atoms with E-state index in [-0.39, 0.29) is 0 Å². The van der Waals surface area contributed by atoms with Crippen molar-refractivity contribution < 1.29 is 8.78 Å². The molecule has 1 aromatic heterocycles. The summed E-state index contributed by atoms with van der Waals surface area (Å²) in [7, 11) is 0. The van der Waals surface area contributed by atoms with Crippen LogP contribution in [0.3, 0.4) is 0 Å². The smallest absolute Gasteiger partial charge is 0.187 e. The third kappa shape index (κ3) is 3.24. The number of hydrogen-bond donors (Lipinski definition) is 1. The van der Waals surface area contributed by atoms with Gasteiger partial charge in [0.2, 0.25) is 0 Å². The van der Waals surface area contributed by atoms with Gasteiger partial charge in [0.05, 0.1) is 0 Å². The van der Waals surface area contributed by atoms with Gasteiger partial charge in [-0.1, -0.05) is 17.8 Å². The maximum atomic E-state index is 13.5. The number of thioether (sulfide) groups is 1. The van der Waals surface area contributed by atoms with Crippen LogP contribution in [0.25, 0.3) is 0 Å². The monoisotopic (exact) mass is 267 g/mol. The normalized spacial score (nSPS) is 12.4. The summed E-state index contributed by atoms with van der Waals surface area (Å²) in [6.07, 6.45) is 3.25. The van der Waals surface area contributed by atoms with Crippen molar-refractivity contribution in [3.8, 4) is 0 Å². The second-order valence-corrected chi connectivity index (χ2v) is 4.60. The Balaban J connectivity index is 2.01. The van der Waals surface area contributed by atoms with Gasteiger partial charge in [-0.25, -0.2) is 18.7 Å². The van der Waals surface area contributed by atoms with Crippen LogP contribution in [0, 0.1) is 11.6 Å². The highest BCUT2D eigenvalue weighted by Crippen LogP contribution is 2.22. The predicted molar refractivity (Wildman–Crippen MR) is 66.0 cm³/mol. The Morgan fingerprint density at radius 3 is 2.61 bits per heavy atom. The first kappa shape index (κ1) is 12.9. The lowest BCUT2D eigenvalue weighted by molar-refractivity contribution is 0.563. The Morgan fingerprint density at radius 2 is 1.94 bits per heavy atom. The molecule has 0 amide bonds. The lowest BCUT2D eigenvalue weighted by Crippen LogP contribution is -2.15. The molecule has 3 nitrogen and oxygen atoms in total. The summed E-state index contributed by atoms with van der Waals surface area (Å²) in [5, 5.41) is 0.579. The summed E-state index contributed by atoms with van der Waals surface area (Å²) in [5.41, 5.74) is 6.15. The number of rotatable bonds is 4. The van der Waals surface area contributed by atoms with Gasteiger partial charge in [0.25, 0.3) is 0 Å². The molecule has 0 aliphatic heterocycles. The van der Waals surface area contributed by atoms with E-state index in [2.05, 4.69) is 9.97 Å². The van der Waals surface area contributed by atoms with Crippen LogP contribution >= 0.6 is 11.8 Å². The van der Waals surface area contributed by atoms with E-state index in [1.165, 1.54) is 23.9 Å². The van der Waals surface area contributed by atoms with Crippen LogP contribution in [-0.4, -0.2) is 15.7 Å². The Morgan fingerprint density at radius 1 is 1.22 bits per heavy atom. The van der Waals surface area contributed by atoms with Gasteiger partial charge >= 0.3 is 0 Å². The quantitative estimate of drug-likeness (QED) is 0.683. The minimum Gasteiger partial charge on any atom is -0.323 e. The highest BCUT2D eigenvalue weighted by atomic mass is 32.2. The fourth-order valence-electron chi connectivity index (χ4n) is 1.42. The molecule has 0 bridgehead atoms. The molecule has 0 spiro atoms. The first-order valence-electron chi connectivity index (χ1n) is 5.27. The van der Waals surface area contributed by atoms with Gasteiger partial charge in [-0.3, -0.25) is 0 Å². The molecule has 94 valence electrons. The molecule has 0 aliphatic rings. The molecule has 1 atom stereocenters. The fraction of sp³-hybridized carbons (Fsp3) is 0.167. The molecule has 1 unspecified atom stereocenters. The number of nitrogens with zero attached hydrogens (tertiary/aromatic N) is 2. The number of aromatic nitrogens is 2. The highest BCUT2D eigenvalue weighted by Gasteiger charge is 2.13. The summed E-state index contributed by atoms with van der Waals surface area (Å²) >= 11 is 1.33. The first-order valence-corrected chi connectivity index (χ1v) is 6.25. The van der Waals surface area contributed by atoms with Gasteiger partial charge in [0.15, 0.2) is 5.16 Å². The van der Waals surface area contributed by atoms with E-state index in [0.717, 1.165) is 6.07 Å². The van der Waals surface area contributed by atoms with Crippen LogP contribution in [0.5, 0.6) is 0 Å². The van der Waals surface area contributed by atoms with Crippen LogP contribution in [-0.2, 0) is 0 Å². The molecule has 2 aromatic rings. The summed E-state index contributed by atoms with van der Waals surface area (Å²) in [5.74, 6) is -0.813. The van der Waals surface area contributed by atoms with Crippen molar-refractivity contribution in [3.63, 3.8) is 0 Å². The molecule has 0 saturated heterocycles. The predicted octanol–water partition coefficient (Wildman–Crippen LogP) is 2.55. The number of halogens is 2. The van der Waals surface area contributed by atoms with E-state index in [9.17, 15) is 8.78 Å². The van der Waals surface area contributed by atoms with E-state index in [1.807, 2.05) is 0 Å². The topological polar surface area (TPSA) is 51.8 Å². The molecule has 2 N–H and O–H groups in total. The van der Waals surface area contributed by atoms with Gasteiger partial charge in [0.1, 0.15) is 11.6 Å². The molecular weight excluding hydrogens is 256 g/mol. The average Bonchev–Trinajstić information content (AvgIpc) is 2.37. The van der Waals surface area contributed by atoms with Crippen LogP contribution < -0.4 is 5.73 Å². The maximum absolute atomic E-state index is 13.5. The Labute approximate surface area is 107 Å². The zero-order chi connectivity index (χ0) is 13.0. The number of hydrogen-bond acceptors (Lipinski definition) is 4. The highest BCUT2D eigenvalue weighted by molar-refractivity contribution is 7.99. The van der Waals surface area contributed by atoms with E-state index in [0.29, 0.717) is 16.5 Å². The molecule has 1 aromatic carbocycles. The van der Waals surface area contributed by atoms with Crippen LogP contribution in [0.15, 0.2) is 41.8 Å². The van der Waals surface area contributed by atoms with Crippen LogP contribution in [0.2, 0.25) is 0 Å².